The maximum atomic E-state index is 3.74. The van der Waals surface area contributed by atoms with Crippen LogP contribution in [0.4, 0.5) is 0 Å². The third-order valence-electron chi connectivity index (χ3n) is 1.55. The van der Waals surface area contributed by atoms with E-state index in [1.165, 1.54) is 0 Å². The first-order chi connectivity index (χ1) is 5.79. The summed E-state index contributed by atoms with van der Waals surface area (Å²) in [5.41, 5.74) is 2.22. The maximum absolute atomic E-state index is 3.74. The third kappa shape index (κ3) is 3.20. The van der Waals surface area contributed by atoms with Gasteiger partial charge in [-0.25, -0.2) is 0 Å². The quantitative estimate of drug-likeness (QED) is 0.549. The van der Waals surface area contributed by atoms with E-state index in [4.69, 9.17) is 0 Å². The fraction of sp³-hybridized carbons (Fsp3) is 0.167. The highest BCUT2D eigenvalue weighted by atomic mass is 14.0. The molecule has 0 saturated heterocycles. The van der Waals surface area contributed by atoms with E-state index in [0.717, 1.165) is 11.1 Å². The van der Waals surface area contributed by atoms with Gasteiger partial charge in [-0.2, -0.15) is 0 Å². The monoisotopic (exact) mass is 160 g/mol. The minimum Gasteiger partial charge on any atom is -0.0985 e. The van der Waals surface area contributed by atoms with E-state index in [-0.39, 0.29) is 0 Å². The van der Waals surface area contributed by atoms with Gasteiger partial charge in [-0.15, -0.1) is 0 Å². The summed E-state index contributed by atoms with van der Waals surface area (Å²) in [6, 6.07) is 0. The van der Waals surface area contributed by atoms with Crippen molar-refractivity contribution < 1.29 is 0 Å². The second kappa shape index (κ2) is 6.41. The van der Waals surface area contributed by atoms with Crippen LogP contribution in [0.1, 0.15) is 13.8 Å². The molecule has 0 unspecified atom stereocenters. The zero-order valence-electron chi connectivity index (χ0n) is 7.88. The summed E-state index contributed by atoms with van der Waals surface area (Å²) in [6.07, 6.45) is 11.7. The average molecular weight is 160 g/mol. The third-order valence-corrected chi connectivity index (χ3v) is 1.55. The fourth-order valence-corrected chi connectivity index (χ4v) is 0.884. The van der Waals surface area contributed by atoms with Crippen LogP contribution in [0.25, 0.3) is 0 Å². The molecule has 0 N–H and O–H groups in total. The Bertz CT molecular complexity index is 237. The molecular weight excluding hydrogens is 144 g/mol. The normalized spacial score (nSPS) is 13.5. The first-order valence-corrected chi connectivity index (χ1v) is 4.04. The van der Waals surface area contributed by atoms with Crippen LogP contribution in [0.5, 0.6) is 0 Å². The lowest BCUT2D eigenvalue weighted by Crippen LogP contribution is -1.80. The molecule has 0 aromatic heterocycles. The van der Waals surface area contributed by atoms with Crippen molar-refractivity contribution in [3.8, 4) is 0 Å². The summed E-state index contributed by atoms with van der Waals surface area (Å²) in [6.45, 7) is 11.4. The summed E-state index contributed by atoms with van der Waals surface area (Å²) < 4.78 is 0. The Kier molecular flexibility index (Phi) is 5.72. The van der Waals surface area contributed by atoms with Crippen LogP contribution in [0.15, 0.2) is 60.8 Å². The van der Waals surface area contributed by atoms with Crippen molar-refractivity contribution in [3.63, 3.8) is 0 Å². The van der Waals surface area contributed by atoms with Gasteiger partial charge in [0, 0.05) is 0 Å². The number of hydrogen-bond acceptors (Lipinski definition) is 0. The second-order valence-electron chi connectivity index (χ2n) is 2.30. The van der Waals surface area contributed by atoms with Crippen LogP contribution in [0.2, 0.25) is 0 Å². The molecule has 0 atom stereocenters. The molecule has 0 nitrogen and oxygen atoms in total. The van der Waals surface area contributed by atoms with Gasteiger partial charge in [0.15, 0.2) is 0 Å². The molecule has 0 fully saturated rings. The summed E-state index contributed by atoms with van der Waals surface area (Å²) in [5, 5.41) is 0. The van der Waals surface area contributed by atoms with Crippen molar-refractivity contribution in [2.75, 3.05) is 0 Å². The number of allylic oxidation sites excluding steroid dienone is 8. The van der Waals surface area contributed by atoms with Gasteiger partial charge >= 0.3 is 0 Å². The SMILES string of the molecule is C=CC(=C/C)/C(C=C)=C\C=C\C. The standard InChI is InChI=1S/C12H16/c1-5-9-10-12(8-4)11(6-2)7-3/h5-10H,2,4H2,1,3H3/b9-5+,11-7-,12-10-. The van der Waals surface area contributed by atoms with Crippen LogP contribution < -0.4 is 0 Å². The molecule has 0 aliphatic rings. The van der Waals surface area contributed by atoms with Gasteiger partial charge in [0.2, 0.25) is 0 Å². The largest absolute Gasteiger partial charge is 0.0985 e. The predicted molar refractivity (Wildman–Crippen MR) is 57.0 cm³/mol. The average Bonchev–Trinajstić information content (AvgIpc) is 2.12. The van der Waals surface area contributed by atoms with Gasteiger partial charge in [0.25, 0.3) is 0 Å². The minimum atomic E-state index is 1.10. The highest BCUT2D eigenvalue weighted by molar-refractivity contribution is 5.46. The van der Waals surface area contributed by atoms with Crippen molar-refractivity contribution in [2.45, 2.75) is 13.8 Å². The van der Waals surface area contributed by atoms with Gasteiger partial charge in [0.1, 0.15) is 0 Å². The Labute approximate surface area is 75.3 Å². The van der Waals surface area contributed by atoms with E-state index in [2.05, 4.69) is 13.2 Å². The predicted octanol–water partition coefficient (Wildman–Crippen LogP) is 3.81. The Balaban J connectivity index is 4.76. The molecule has 0 radical (unpaired) electrons. The summed E-state index contributed by atoms with van der Waals surface area (Å²) in [7, 11) is 0. The summed E-state index contributed by atoms with van der Waals surface area (Å²) in [4.78, 5) is 0. The van der Waals surface area contributed by atoms with E-state index >= 15 is 0 Å². The Morgan fingerprint density at radius 2 is 1.58 bits per heavy atom. The lowest BCUT2D eigenvalue weighted by atomic mass is 10.1. The second-order valence-corrected chi connectivity index (χ2v) is 2.30. The molecule has 0 aliphatic carbocycles. The van der Waals surface area contributed by atoms with Gasteiger partial charge < -0.3 is 0 Å². The molecule has 0 bridgehead atoms. The zero-order valence-corrected chi connectivity index (χ0v) is 7.88. The van der Waals surface area contributed by atoms with Gasteiger partial charge in [0.05, 0.1) is 0 Å². The minimum absolute atomic E-state index is 1.10. The topological polar surface area (TPSA) is 0 Å². The first-order valence-electron chi connectivity index (χ1n) is 4.04. The molecule has 0 spiro atoms. The van der Waals surface area contributed by atoms with Crippen LogP contribution in [-0.4, -0.2) is 0 Å². The fourth-order valence-electron chi connectivity index (χ4n) is 0.884. The van der Waals surface area contributed by atoms with Crippen LogP contribution in [0.3, 0.4) is 0 Å². The van der Waals surface area contributed by atoms with Gasteiger partial charge in [-0.1, -0.05) is 49.6 Å². The molecule has 0 heteroatoms. The lowest BCUT2D eigenvalue weighted by Gasteiger charge is -1.99. The molecule has 0 amide bonds. The zero-order chi connectivity index (χ0) is 9.40. The lowest BCUT2D eigenvalue weighted by molar-refractivity contribution is 1.51. The Morgan fingerprint density at radius 3 is 1.92 bits per heavy atom. The number of rotatable bonds is 4. The molecule has 0 aliphatic heterocycles. The van der Waals surface area contributed by atoms with Gasteiger partial charge in [-0.05, 0) is 25.0 Å². The van der Waals surface area contributed by atoms with E-state index in [9.17, 15) is 0 Å². The molecule has 64 valence electrons. The van der Waals surface area contributed by atoms with Crippen LogP contribution >= 0.6 is 0 Å². The molecule has 0 aromatic rings. The van der Waals surface area contributed by atoms with E-state index in [1.54, 1.807) is 0 Å². The summed E-state index contributed by atoms with van der Waals surface area (Å²) in [5.74, 6) is 0. The van der Waals surface area contributed by atoms with Crippen molar-refractivity contribution in [2.24, 2.45) is 0 Å². The van der Waals surface area contributed by atoms with E-state index < -0.39 is 0 Å². The highest BCUT2D eigenvalue weighted by Gasteiger charge is 1.92. The van der Waals surface area contributed by atoms with Crippen molar-refractivity contribution in [3.05, 3.63) is 60.8 Å². The molecule has 0 rings (SSSR count). The molecule has 0 heterocycles. The molecular formula is C12H16. The van der Waals surface area contributed by atoms with E-state index in [0.29, 0.717) is 0 Å². The van der Waals surface area contributed by atoms with Crippen molar-refractivity contribution in [1.29, 1.82) is 0 Å². The Morgan fingerprint density at radius 1 is 1.00 bits per heavy atom. The van der Waals surface area contributed by atoms with Gasteiger partial charge in [-0.3, -0.25) is 0 Å². The Hall–Kier alpha value is -1.30. The maximum Gasteiger partial charge on any atom is -0.0194 e. The van der Waals surface area contributed by atoms with E-state index in [1.807, 2.05) is 50.3 Å². The molecule has 0 saturated carbocycles. The van der Waals surface area contributed by atoms with Crippen molar-refractivity contribution >= 4 is 0 Å². The van der Waals surface area contributed by atoms with Crippen LogP contribution in [0, 0.1) is 0 Å². The highest BCUT2D eigenvalue weighted by Crippen LogP contribution is 2.11. The number of hydrogen-bond donors (Lipinski definition) is 0. The van der Waals surface area contributed by atoms with Crippen molar-refractivity contribution in [1.82, 2.24) is 0 Å². The first kappa shape index (κ1) is 10.7. The summed E-state index contributed by atoms with van der Waals surface area (Å²) >= 11 is 0. The van der Waals surface area contributed by atoms with Crippen LogP contribution in [-0.2, 0) is 0 Å². The smallest absolute Gasteiger partial charge is 0.0194 e. The molecule has 12 heavy (non-hydrogen) atoms. The molecule has 0 aromatic carbocycles.